The van der Waals surface area contributed by atoms with Gasteiger partial charge in [-0.05, 0) is 32.6 Å². The molecule has 2 rings (SSSR count). The van der Waals surface area contributed by atoms with Crippen LogP contribution in [0.3, 0.4) is 0 Å². The van der Waals surface area contributed by atoms with Crippen molar-refractivity contribution in [3.8, 4) is 0 Å². The van der Waals surface area contributed by atoms with Gasteiger partial charge in [0, 0.05) is 37.4 Å². The van der Waals surface area contributed by atoms with Crippen molar-refractivity contribution in [3.05, 3.63) is 11.8 Å². The molecule has 0 unspecified atom stereocenters. The number of nitrogens with zero attached hydrogens (tertiary/aromatic N) is 3. The Balaban J connectivity index is 1.89. The van der Waals surface area contributed by atoms with Crippen LogP contribution in [-0.4, -0.2) is 53.2 Å². The number of aryl methyl sites for hydroxylation is 1. The molecule has 2 N–H and O–H groups in total. The van der Waals surface area contributed by atoms with Crippen LogP contribution in [0.25, 0.3) is 0 Å². The van der Waals surface area contributed by atoms with Crippen molar-refractivity contribution in [2.24, 2.45) is 5.92 Å². The molecule has 24 heavy (non-hydrogen) atoms. The summed E-state index contributed by atoms with van der Waals surface area (Å²) in [5.74, 6) is 2.06. The number of likely N-dealkylation sites (tertiary alicyclic amines) is 1. The molecule has 1 aromatic heterocycles. The number of ether oxygens (including phenoxy) is 1. The highest BCUT2D eigenvalue weighted by atomic mass is 16.6. The number of rotatable bonds is 6. The van der Waals surface area contributed by atoms with Crippen LogP contribution in [0.4, 0.5) is 16.6 Å². The van der Waals surface area contributed by atoms with Crippen LogP contribution in [0.1, 0.15) is 39.3 Å². The lowest BCUT2D eigenvalue weighted by Crippen LogP contribution is -2.42. The van der Waals surface area contributed by atoms with E-state index in [4.69, 9.17) is 4.74 Å². The zero-order chi connectivity index (χ0) is 17.5. The number of hydrogen-bond acceptors (Lipinski definition) is 6. The summed E-state index contributed by atoms with van der Waals surface area (Å²) in [6.07, 6.45) is 1.51. The molecule has 1 aromatic rings. The number of aromatic nitrogens is 2. The van der Waals surface area contributed by atoms with Crippen molar-refractivity contribution in [3.63, 3.8) is 0 Å². The molecule has 1 fully saturated rings. The van der Waals surface area contributed by atoms with Gasteiger partial charge in [0.1, 0.15) is 5.82 Å². The molecular weight excluding hydrogens is 306 g/mol. The van der Waals surface area contributed by atoms with Crippen LogP contribution in [0.15, 0.2) is 6.07 Å². The Labute approximate surface area is 144 Å². The third-order valence-electron chi connectivity index (χ3n) is 3.90. The molecule has 0 aromatic carbocycles. The van der Waals surface area contributed by atoms with Crippen LogP contribution in [0, 0.1) is 12.8 Å². The molecule has 0 bridgehead atoms. The van der Waals surface area contributed by atoms with E-state index in [0.29, 0.717) is 31.6 Å². The first-order chi connectivity index (χ1) is 11.5. The van der Waals surface area contributed by atoms with E-state index in [0.717, 1.165) is 30.9 Å². The summed E-state index contributed by atoms with van der Waals surface area (Å²) < 4.78 is 5.05. The van der Waals surface area contributed by atoms with E-state index in [2.05, 4.69) is 34.4 Å². The van der Waals surface area contributed by atoms with Crippen LogP contribution in [-0.2, 0) is 4.74 Å². The SMILES string of the molecule is CCOC(=O)N1CCC(Nc2nc(C)cc(NCC(C)C)n2)CC1. The summed E-state index contributed by atoms with van der Waals surface area (Å²) in [5.41, 5.74) is 0.933. The number of carbonyl (C=O) groups is 1. The Morgan fingerprint density at radius 1 is 1.38 bits per heavy atom. The van der Waals surface area contributed by atoms with Crippen molar-refractivity contribution in [2.75, 3.05) is 36.9 Å². The van der Waals surface area contributed by atoms with Crippen LogP contribution >= 0.6 is 0 Å². The smallest absolute Gasteiger partial charge is 0.409 e. The van der Waals surface area contributed by atoms with Crippen molar-refractivity contribution in [1.82, 2.24) is 14.9 Å². The highest BCUT2D eigenvalue weighted by Crippen LogP contribution is 2.17. The largest absolute Gasteiger partial charge is 0.450 e. The molecule has 7 nitrogen and oxygen atoms in total. The molecule has 1 saturated heterocycles. The minimum absolute atomic E-state index is 0.220. The van der Waals surface area contributed by atoms with E-state index in [9.17, 15) is 4.79 Å². The standard InChI is InChI=1S/C17H29N5O2/c1-5-24-17(23)22-8-6-14(7-9-22)20-16-19-13(4)10-15(21-16)18-11-12(2)3/h10,12,14H,5-9,11H2,1-4H3,(H2,18,19,20,21). The molecule has 1 amide bonds. The minimum Gasteiger partial charge on any atom is -0.450 e. The molecule has 1 aliphatic heterocycles. The molecule has 0 saturated carbocycles. The minimum atomic E-state index is -0.220. The number of amides is 1. The summed E-state index contributed by atoms with van der Waals surface area (Å²) in [7, 11) is 0. The molecule has 7 heteroatoms. The van der Waals surface area contributed by atoms with E-state index in [1.165, 1.54) is 0 Å². The summed E-state index contributed by atoms with van der Waals surface area (Å²) >= 11 is 0. The predicted molar refractivity (Wildman–Crippen MR) is 95.3 cm³/mol. The summed E-state index contributed by atoms with van der Waals surface area (Å²) in [6, 6.07) is 2.23. The second-order valence-corrected chi connectivity index (χ2v) is 6.60. The lowest BCUT2D eigenvalue weighted by molar-refractivity contribution is 0.0983. The van der Waals surface area contributed by atoms with E-state index in [-0.39, 0.29) is 12.1 Å². The van der Waals surface area contributed by atoms with E-state index in [1.807, 2.05) is 19.9 Å². The molecule has 0 atom stereocenters. The summed E-state index contributed by atoms with van der Waals surface area (Å²) in [4.78, 5) is 22.5. The normalized spacial score (nSPS) is 15.5. The first-order valence-electron chi connectivity index (χ1n) is 8.75. The maximum absolute atomic E-state index is 11.7. The van der Waals surface area contributed by atoms with Crippen LogP contribution in [0.2, 0.25) is 0 Å². The predicted octanol–water partition coefficient (Wildman–Crippen LogP) is 2.89. The zero-order valence-corrected chi connectivity index (χ0v) is 15.1. The van der Waals surface area contributed by atoms with Crippen molar-refractivity contribution in [1.29, 1.82) is 0 Å². The maximum atomic E-state index is 11.7. The number of hydrogen-bond donors (Lipinski definition) is 2. The monoisotopic (exact) mass is 335 g/mol. The Morgan fingerprint density at radius 2 is 2.08 bits per heavy atom. The van der Waals surface area contributed by atoms with Gasteiger partial charge in [-0.2, -0.15) is 4.98 Å². The van der Waals surface area contributed by atoms with Gasteiger partial charge in [-0.15, -0.1) is 0 Å². The Bertz CT molecular complexity index is 542. The third kappa shape index (κ3) is 5.54. The molecule has 0 spiro atoms. The first-order valence-corrected chi connectivity index (χ1v) is 8.75. The Morgan fingerprint density at radius 3 is 2.71 bits per heavy atom. The maximum Gasteiger partial charge on any atom is 0.409 e. The van der Waals surface area contributed by atoms with Crippen molar-refractivity contribution >= 4 is 17.9 Å². The van der Waals surface area contributed by atoms with Crippen LogP contribution < -0.4 is 10.6 Å². The molecule has 2 heterocycles. The van der Waals surface area contributed by atoms with Gasteiger partial charge in [0.25, 0.3) is 0 Å². The highest BCUT2D eigenvalue weighted by Gasteiger charge is 2.24. The van der Waals surface area contributed by atoms with Gasteiger partial charge >= 0.3 is 6.09 Å². The molecule has 1 aliphatic rings. The fourth-order valence-electron chi connectivity index (χ4n) is 2.64. The molecule has 0 radical (unpaired) electrons. The first kappa shape index (κ1) is 18.3. The Hall–Kier alpha value is -2.05. The van der Waals surface area contributed by atoms with Crippen molar-refractivity contribution < 1.29 is 9.53 Å². The van der Waals surface area contributed by atoms with Gasteiger partial charge in [0.05, 0.1) is 6.61 Å². The summed E-state index contributed by atoms with van der Waals surface area (Å²) in [5, 5.41) is 6.74. The Kier molecular flexibility index (Phi) is 6.63. The number of carbonyl (C=O) groups excluding carboxylic acids is 1. The second-order valence-electron chi connectivity index (χ2n) is 6.60. The van der Waals surface area contributed by atoms with Crippen molar-refractivity contribution in [2.45, 2.75) is 46.6 Å². The fourth-order valence-corrected chi connectivity index (χ4v) is 2.64. The average Bonchev–Trinajstić information content (AvgIpc) is 2.53. The number of anilines is 2. The molecule has 0 aliphatic carbocycles. The van der Waals surface area contributed by atoms with E-state index < -0.39 is 0 Å². The average molecular weight is 335 g/mol. The third-order valence-corrected chi connectivity index (χ3v) is 3.90. The highest BCUT2D eigenvalue weighted by molar-refractivity contribution is 5.67. The second kappa shape index (κ2) is 8.70. The lowest BCUT2D eigenvalue weighted by Gasteiger charge is -2.31. The lowest BCUT2D eigenvalue weighted by atomic mass is 10.1. The van der Waals surface area contributed by atoms with E-state index in [1.54, 1.807) is 4.90 Å². The molecule has 134 valence electrons. The molecular formula is C17H29N5O2. The topological polar surface area (TPSA) is 79.4 Å². The van der Waals surface area contributed by atoms with E-state index >= 15 is 0 Å². The number of piperidine rings is 1. The van der Waals surface area contributed by atoms with Gasteiger partial charge in [-0.3, -0.25) is 0 Å². The van der Waals surface area contributed by atoms with Gasteiger partial charge in [0.2, 0.25) is 5.95 Å². The van der Waals surface area contributed by atoms with Gasteiger partial charge < -0.3 is 20.3 Å². The zero-order valence-electron chi connectivity index (χ0n) is 15.1. The van der Waals surface area contributed by atoms with Gasteiger partial charge in [0.15, 0.2) is 0 Å². The van der Waals surface area contributed by atoms with Gasteiger partial charge in [-0.1, -0.05) is 13.8 Å². The fraction of sp³-hybridized carbons (Fsp3) is 0.706. The number of nitrogens with one attached hydrogen (secondary N) is 2. The summed E-state index contributed by atoms with van der Waals surface area (Å²) in [6.45, 7) is 10.8. The van der Waals surface area contributed by atoms with Crippen LogP contribution in [0.5, 0.6) is 0 Å². The van der Waals surface area contributed by atoms with Gasteiger partial charge in [-0.25, -0.2) is 9.78 Å². The quantitative estimate of drug-likeness (QED) is 0.832.